The molecule has 8 heteroatoms. The molecule has 0 N–H and O–H groups in total. The summed E-state index contributed by atoms with van der Waals surface area (Å²) in [6.07, 6.45) is -0.844. The van der Waals surface area contributed by atoms with Crippen LogP contribution in [0.5, 0.6) is 0 Å². The molecule has 1 aliphatic rings. The molecule has 30 heavy (non-hydrogen) atoms. The summed E-state index contributed by atoms with van der Waals surface area (Å²) in [5.41, 5.74) is 1.15. The zero-order chi connectivity index (χ0) is 20.9. The first-order valence-electron chi connectivity index (χ1n) is 9.62. The van der Waals surface area contributed by atoms with E-state index in [0.717, 1.165) is 36.4 Å². The van der Waals surface area contributed by atoms with Crippen LogP contribution in [0.2, 0.25) is 0 Å². The minimum atomic E-state index is -4.44. The van der Waals surface area contributed by atoms with Gasteiger partial charge >= 0.3 is 6.18 Å². The number of alkyl halides is 3. The summed E-state index contributed by atoms with van der Waals surface area (Å²) in [6.45, 7) is -0.0433. The fourth-order valence-corrected chi connectivity index (χ4v) is 3.64. The van der Waals surface area contributed by atoms with Crippen molar-refractivity contribution in [2.75, 3.05) is 0 Å². The highest BCUT2D eigenvalue weighted by atomic mass is 19.4. The average Bonchev–Trinajstić information content (AvgIpc) is 3.48. The van der Waals surface area contributed by atoms with Crippen LogP contribution in [0.3, 0.4) is 0 Å². The fourth-order valence-electron chi connectivity index (χ4n) is 3.64. The Balaban J connectivity index is 1.66. The van der Waals surface area contributed by atoms with E-state index in [1.54, 1.807) is 16.9 Å². The largest absolute Gasteiger partial charge is 0.416 e. The molecule has 1 fully saturated rings. The van der Waals surface area contributed by atoms with E-state index in [0.29, 0.717) is 16.5 Å². The van der Waals surface area contributed by atoms with Gasteiger partial charge in [0.1, 0.15) is 5.52 Å². The van der Waals surface area contributed by atoms with Gasteiger partial charge in [0.15, 0.2) is 0 Å². The maximum atomic E-state index is 13.3. The molecule has 4 aromatic rings. The van der Waals surface area contributed by atoms with Crippen LogP contribution in [-0.4, -0.2) is 19.6 Å². The SMILES string of the molecule is O=c1c2c(cnn2-c2ccccc2)c(C2CC2)nn1Cc1cccc(C(F)(F)F)c1. The van der Waals surface area contributed by atoms with Crippen molar-refractivity contribution in [3.63, 3.8) is 0 Å². The summed E-state index contributed by atoms with van der Waals surface area (Å²) < 4.78 is 42.1. The van der Waals surface area contributed by atoms with Crippen LogP contribution >= 0.6 is 0 Å². The standard InChI is InChI=1S/C22H17F3N4O/c23-22(24,25)16-6-4-5-14(11-16)13-28-21(30)20-18(19(27-28)15-9-10-15)12-26-29(20)17-7-2-1-3-8-17/h1-8,11-12,15H,9-10,13H2. The maximum absolute atomic E-state index is 13.3. The molecule has 1 aliphatic carbocycles. The lowest BCUT2D eigenvalue weighted by Crippen LogP contribution is -2.26. The van der Waals surface area contributed by atoms with Crippen molar-refractivity contribution >= 4 is 10.9 Å². The molecule has 0 saturated heterocycles. The summed E-state index contributed by atoms with van der Waals surface area (Å²) in [5, 5.41) is 9.63. The molecule has 0 atom stereocenters. The van der Waals surface area contributed by atoms with E-state index < -0.39 is 11.7 Å². The fraction of sp³-hybridized carbons (Fsp3) is 0.227. The molecule has 1 saturated carbocycles. The molecule has 2 aromatic heterocycles. The first-order valence-corrected chi connectivity index (χ1v) is 9.62. The number of rotatable bonds is 4. The molecule has 0 radical (unpaired) electrons. The van der Waals surface area contributed by atoms with Gasteiger partial charge in [-0.05, 0) is 42.7 Å². The van der Waals surface area contributed by atoms with Gasteiger partial charge in [-0.15, -0.1) is 0 Å². The summed E-state index contributed by atoms with van der Waals surface area (Å²) in [4.78, 5) is 13.3. The molecule has 0 unspecified atom stereocenters. The monoisotopic (exact) mass is 410 g/mol. The molecule has 0 bridgehead atoms. The molecule has 152 valence electrons. The number of aromatic nitrogens is 4. The van der Waals surface area contributed by atoms with Crippen LogP contribution in [0.25, 0.3) is 16.6 Å². The van der Waals surface area contributed by atoms with Crippen LogP contribution in [0.1, 0.15) is 35.6 Å². The van der Waals surface area contributed by atoms with Crippen molar-refractivity contribution in [2.24, 2.45) is 0 Å². The Kier molecular flexibility index (Phi) is 4.23. The van der Waals surface area contributed by atoms with Crippen LogP contribution < -0.4 is 5.56 Å². The van der Waals surface area contributed by atoms with Crippen molar-refractivity contribution in [3.8, 4) is 5.69 Å². The summed E-state index contributed by atoms with van der Waals surface area (Å²) in [5.74, 6) is 0.245. The van der Waals surface area contributed by atoms with Gasteiger partial charge in [0.25, 0.3) is 5.56 Å². The number of hydrogen-bond acceptors (Lipinski definition) is 3. The van der Waals surface area contributed by atoms with Crippen molar-refractivity contribution in [1.29, 1.82) is 0 Å². The van der Waals surface area contributed by atoms with Gasteiger partial charge in [0, 0.05) is 11.3 Å². The number of benzene rings is 2. The Morgan fingerprint density at radius 1 is 1.03 bits per heavy atom. The molecule has 0 amide bonds. The smallest absolute Gasteiger partial charge is 0.265 e. The quantitative estimate of drug-likeness (QED) is 0.497. The zero-order valence-corrected chi connectivity index (χ0v) is 15.8. The topological polar surface area (TPSA) is 52.7 Å². The molecule has 0 spiro atoms. The summed E-state index contributed by atoms with van der Waals surface area (Å²) >= 11 is 0. The van der Waals surface area contributed by atoms with Gasteiger partial charge in [0.05, 0.1) is 29.7 Å². The zero-order valence-electron chi connectivity index (χ0n) is 15.8. The van der Waals surface area contributed by atoms with Crippen molar-refractivity contribution < 1.29 is 13.2 Å². The number of fused-ring (bicyclic) bond motifs is 1. The lowest BCUT2D eigenvalue weighted by atomic mass is 10.1. The predicted molar refractivity (Wildman–Crippen MR) is 106 cm³/mol. The first-order chi connectivity index (χ1) is 14.4. The van der Waals surface area contributed by atoms with Gasteiger partial charge in [-0.25, -0.2) is 9.36 Å². The third-order valence-electron chi connectivity index (χ3n) is 5.26. The van der Waals surface area contributed by atoms with E-state index >= 15 is 0 Å². The maximum Gasteiger partial charge on any atom is 0.416 e. The second-order valence-electron chi connectivity index (χ2n) is 7.47. The second kappa shape index (κ2) is 6.83. The Labute approximate surface area is 169 Å². The van der Waals surface area contributed by atoms with E-state index in [2.05, 4.69) is 10.2 Å². The van der Waals surface area contributed by atoms with Crippen LogP contribution in [-0.2, 0) is 12.7 Å². The van der Waals surface area contributed by atoms with E-state index in [1.165, 1.54) is 10.7 Å². The van der Waals surface area contributed by atoms with Crippen LogP contribution in [0, 0.1) is 0 Å². The molecule has 5 nitrogen and oxygen atoms in total. The van der Waals surface area contributed by atoms with E-state index in [9.17, 15) is 18.0 Å². The van der Waals surface area contributed by atoms with Gasteiger partial charge in [-0.1, -0.05) is 30.3 Å². The Hall–Kier alpha value is -3.42. The first kappa shape index (κ1) is 18.6. The third kappa shape index (κ3) is 3.28. The van der Waals surface area contributed by atoms with E-state index in [-0.39, 0.29) is 18.0 Å². The molecule has 2 heterocycles. The average molecular weight is 410 g/mol. The predicted octanol–water partition coefficient (Wildman–Crippen LogP) is 4.53. The highest BCUT2D eigenvalue weighted by molar-refractivity contribution is 5.82. The Bertz CT molecular complexity index is 1290. The van der Waals surface area contributed by atoms with Crippen molar-refractivity contribution in [1.82, 2.24) is 19.6 Å². The second-order valence-corrected chi connectivity index (χ2v) is 7.47. The Morgan fingerprint density at radius 2 is 1.80 bits per heavy atom. The molecular formula is C22H17F3N4O. The highest BCUT2D eigenvalue weighted by Gasteiger charge is 2.31. The highest BCUT2D eigenvalue weighted by Crippen LogP contribution is 2.41. The number of hydrogen-bond donors (Lipinski definition) is 0. The van der Waals surface area contributed by atoms with Crippen LogP contribution in [0.15, 0.2) is 65.6 Å². The lowest BCUT2D eigenvalue weighted by molar-refractivity contribution is -0.137. The number of nitrogens with zero attached hydrogens (tertiary/aromatic N) is 4. The summed E-state index contributed by atoms with van der Waals surface area (Å²) in [7, 11) is 0. The number of halogens is 3. The molecular weight excluding hydrogens is 393 g/mol. The van der Waals surface area contributed by atoms with Gasteiger partial charge in [0.2, 0.25) is 0 Å². The minimum Gasteiger partial charge on any atom is -0.265 e. The normalized spacial score (nSPS) is 14.4. The third-order valence-corrected chi connectivity index (χ3v) is 5.26. The summed E-state index contributed by atoms with van der Waals surface area (Å²) in [6, 6.07) is 14.3. The van der Waals surface area contributed by atoms with Gasteiger partial charge in [-0.3, -0.25) is 4.79 Å². The van der Waals surface area contributed by atoms with Gasteiger partial charge < -0.3 is 0 Å². The molecule has 0 aliphatic heterocycles. The molecule has 2 aromatic carbocycles. The van der Waals surface area contributed by atoms with Crippen molar-refractivity contribution in [2.45, 2.75) is 31.5 Å². The number of para-hydroxylation sites is 1. The minimum absolute atomic E-state index is 0.0433. The Morgan fingerprint density at radius 3 is 2.50 bits per heavy atom. The van der Waals surface area contributed by atoms with Gasteiger partial charge in [-0.2, -0.15) is 23.4 Å². The molecule has 5 rings (SSSR count). The van der Waals surface area contributed by atoms with E-state index in [1.807, 2.05) is 30.3 Å². The van der Waals surface area contributed by atoms with E-state index in [4.69, 9.17) is 0 Å². The lowest BCUT2D eigenvalue weighted by Gasteiger charge is -2.12. The van der Waals surface area contributed by atoms with Crippen molar-refractivity contribution in [3.05, 3.63) is 88.0 Å². The van der Waals surface area contributed by atoms with Crippen LogP contribution in [0.4, 0.5) is 13.2 Å².